The zero-order valence-electron chi connectivity index (χ0n) is 10.9. The van der Waals surface area contributed by atoms with Crippen molar-refractivity contribution >= 4 is 5.97 Å². The maximum atomic E-state index is 12.0. The molecule has 1 aromatic rings. The second-order valence-corrected chi connectivity index (χ2v) is 5.37. The number of imidazole rings is 1. The summed E-state index contributed by atoms with van der Waals surface area (Å²) in [4.78, 5) is 19.2. The highest BCUT2D eigenvalue weighted by molar-refractivity contribution is 5.87. The van der Waals surface area contributed by atoms with Crippen molar-refractivity contribution in [3.05, 3.63) is 17.7 Å². The second kappa shape index (κ2) is 4.94. The first-order valence-corrected chi connectivity index (χ1v) is 6.80. The van der Waals surface area contributed by atoms with Crippen molar-refractivity contribution in [2.75, 3.05) is 13.2 Å². The molecule has 19 heavy (non-hydrogen) atoms. The molecule has 6 nitrogen and oxygen atoms in total. The lowest BCUT2D eigenvalue weighted by Gasteiger charge is -2.35. The van der Waals surface area contributed by atoms with Gasteiger partial charge in [0.1, 0.15) is 17.6 Å². The van der Waals surface area contributed by atoms with E-state index < -0.39 is 0 Å². The molecular formula is C13H19N3O3. The summed E-state index contributed by atoms with van der Waals surface area (Å²) in [5, 5.41) is 0. The fourth-order valence-electron chi connectivity index (χ4n) is 2.48. The maximum Gasteiger partial charge on any atom is 0.356 e. The van der Waals surface area contributed by atoms with Crippen molar-refractivity contribution in [2.24, 2.45) is 5.73 Å². The van der Waals surface area contributed by atoms with Crippen molar-refractivity contribution in [3.63, 3.8) is 0 Å². The summed E-state index contributed by atoms with van der Waals surface area (Å²) in [6.45, 7) is 1.30. The van der Waals surface area contributed by atoms with Gasteiger partial charge in [-0.15, -0.1) is 0 Å². The first-order valence-electron chi connectivity index (χ1n) is 6.80. The fraction of sp³-hybridized carbons (Fsp3) is 0.692. The molecule has 3 N–H and O–H groups in total. The van der Waals surface area contributed by atoms with Gasteiger partial charge in [-0.1, -0.05) is 0 Å². The van der Waals surface area contributed by atoms with Gasteiger partial charge in [0.2, 0.25) is 0 Å². The summed E-state index contributed by atoms with van der Waals surface area (Å²) < 4.78 is 10.7. The van der Waals surface area contributed by atoms with Crippen LogP contribution in [0.1, 0.15) is 48.4 Å². The average molecular weight is 265 g/mol. The lowest BCUT2D eigenvalue weighted by Crippen LogP contribution is -2.44. The maximum absolute atomic E-state index is 12.0. The van der Waals surface area contributed by atoms with Crippen LogP contribution in [0.25, 0.3) is 0 Å². The summed E-state index contributed by atoms with van der Waals surface area (Å²) >= 11 is 0. The molecule has 0 atom stereocenters. The Morgan fingerprint density at radius 2 is 2.21 bits per heavy atom. The topological polar surface area (TPSA) is 90.2 Å². The third-order valence-corrected chi connectivity index (χ3v) is 3.96. The third-order valence-electron chi connectivity index (χ3n) is 3.96. The van der Waals surface area contributed by atoms with E-state index >= 15 is 0 Å². The van der Waals surface area contributed by atoms with Gasteiger partial charge in [-0.05, 0) is 19.3 Å². The van der Waals surface area contributed by atoms with Crippen molar-refractivity contribution in [2.45, 2.75) is 43.7 Å². The molecule has 0 unspecified atom stereocenters. The van der Waals surface area contributed by atoms with E-state index in [2.05, 4.69) is 9.97 Å². The predicted molar refractivity (Wildman–Crippen MR) is 67.6 cm³/mol. The van der Waals surface area contributed by atoms with Crippen molar-refractivity contribution in [1.82, 2.24) is 9.97 Å². The van der Waals surface area contributed by atoms with Crippen LogP contribution in [-0.2, 0) is 15.0 Å². The molecule has 2 aliphatic rings. The molecule has 2 heterocycles. The minimum absolute atomic E-state index is 0.0523. The number of rotatable bonds is 3. The molecule has 1 aliphatic heterocycles. The summed E-state index contributed by atoms with van der Waals surface area (Å²) in [6.07, 6.45) is 5.91. The van der Waals surface area contributed by atoms with Crippen molar-refractivity contribution in [3.8, 4) is 0 Å². The van der Waals surface area contributed by atoms with Crippen LogP contribution in [0.15, 0.2) is 6.20 Å². The molecular weight excluding hydrogens is 246 g/mol. The molecule has 0 amide bonds. The van der Waals surface area contributed by atoms with Crippen molar-refractivity contribution in [1.29, 1.82) is 0 Å². The van der Waals surface area contributed by atoms with E-state index in [1.807, 2.05) is 0 Å². The van der Waals surface area contributed by atoms with Gasteiger partial charge in [0.15, 0.2) is 0 Å². The number of hydrogen-bond acceptors (Lipinski definition) is 5. The Bertz CT molecular complexity index is 461. The first kappa shape index (κ1) is 12.6. The monoisotopic (exact) mass is 265 g/mol. The van der Waals surface area contributed by atoms with Gasteiger partial charge < -0.3 is 20.2 Å². The molecule has 0 bridgehead atoms. The van der Waals surface area contributed by atoms with Crippen LogP contribution in [0.5, 0.6) is 0 Å². The second-order valence-electron chi connectivity index (χ2n) is 5.37. The molecule has 1 saturated heterocycles. The highest BCUT2D eigenvalue weighted by atomic mass is 16.6. The molecule has 0 aromatic carbocycles. The largest absolute Gasteiger partial charge is 0.457 e. The Morgan fingerprint density at radius 1 is 1.47 bits per heavy atom. The van der Waals surface area contributed by atoms with E-state index in [0.29, 0.717) is 24.7 Å². The molecule has 1 aromatic heterocycles. The zero-order chi connectivity index (χ0) is 13.3. The van der Waals surface area contributed by atoms with E-state index in [9.17, 15) is 4.79 Å². The minimum Gasteiger partial charge on any atom is -0.457 e. The number of carbonyl (C=O) groups is 1. The number of H-pyrrole nitrogens is 1. The van der Waals surface area contributed by atoms with Gasteiger partial charge in [-0.3, -0.25) is 0 Å². The van der Waals surface area contributed by atoms with Gasteiger partial charge in [-0.2, -0.15) is 0 Å². The highest BCUT2D eigenvalue weighted by Crippen LogP contribution is 2.36. The number of aromatic amines is 1. The SMILES string of the molecule is NC1(c2ncc(C(=O)OC3CCOCC3)[nH]2)CCC1. The van der Waals surface area contributed by atoms with Crippen LogP contribution < -0.4 is 5.73 Å². The number of ether oxygens (including phenoxy) is 2. The summed E-state index contributed by atoms with van der Waals surface area (Å²) in [5.41, 5.74) is 6.17. The van der Waals surface area contributed by atoms with Crippen LogP contribution in [0.2, 0.25) is 0 Å². The van der Waals surface area contributed by atoms with Gasteiger partial charge in [0.05, 0.1) is 24.9 Å². The summed E-state index contributed by atoms with van der Waals surface area (Å²) in [7, 11) is 0. The van der Waals surface area contributed by atoms with Gasteiger partial charge >= 0.3 is 5.97 Å². The molecule has 6 heteroatoms. The van der Waals surface area contributed by atoms with E-state index in [0.717, 1.165) is 32.1 Å². The van der Waals surface area contributed by atoms with Crippen LogP contribution in [0, 0.1) is 0 Å². The highest BCUT2D eigenvalue weighted by Gasteiger charge is 2.37. The number of esters is 1. The molecule has 2 fully saturated rings. The predicted octanol–water partition coefficient (Wildman–Crippen LogP) is 1.08. The van der Waals surface area contributed by atoms with Gasteiger partial charge in [-0.25, -0.2) is 9.78 Å². The van der Waals surface area contributed by atoms with Crippen molar-refractivity contribution < 1.29 is 14.3 Å². The fourth-order valence-corrected chi connectivity index (χ4v) is 2.48. The number of hydrogen-bond donors (Lipinski definition) is 2. The third kappa shape index (κ3) is 2.50. The van der Waals surface area contributed by atoms with Crippen LogP contribution >= 0.6 is 0 Å². The standard InChI is InChI=1S/C13H19N3O3/c14-13(4-1-5-13)12-15-8-10(16-12)11(17)19-9-2-6-18-7-3-9/h8-9H,1-7,14H2,(H,15,16). The number of aromatic nitrogens is 2. The number of nitrogens with zero attached hydrogens (tertiary/aromatic N) is 1. The van der Waals surface area contributed by atoms with Gasteiger partial charge in [0, 0.05) is 12.8 Å². The van der Waals surface area contributed by atoms with E-state index in [4.69, 9.17) is 15.2 Å². The lowest BCUT2D eigenvalue weighted by molar-refractivity contribution is -0.0163. The smallest absolute Gasteiger partial charge is 0.356 e. The van der Waals surface area contributed by atoms with E-state index in [1.165, 1.54) is 6.20 Å². The first-order chi connectivity index (χ1) is 9.17. The molecule has 0 spiro atoms. The average Bonchev–Trinajstić information content (AvgIpc) is 2.87. The Labute approximate surface area is 111 Å². The van der Waals surface area contributed by atoms with Crippen LogP contribution in [-0.4, -0.2) is 35.3 Å². The van der Waals surface area contributed by atoms with Crippen LogP contribution in [0.4, 0.5) is 0 Å². The zero-order valence-corrected chi connectivity index (χ0v) is 10.9. The number of nitrogens with one attached hydrogen (secondary N) is 1. The molecule has 3 rings (SSSR count). The molecule has 104 valence electrons. The molecule has 1 saturated carbocycles. The van der Waals surface area contributed by atoms with E-state index in [1.54, 1.807) is 0 Å². The lowest BCUT2D eigenvalue weighted by atomic mass is 9.77. The van der Waals surface area contributed by atoms with E-state index in [-0.39, 0.29) is 17.6 Å². The summed E-state index contributed by atoms with van der Waals surface area (Å²) in [5.74, 6) is 0.339. The van der Waals surface area contributed by atoms with Crippen LogP contribution in [0.3, 0.4) is 0 Å². The minimum atomic E-state index is -0.378. The Balaban J connectivity index is 1.63. The summed E-state index contributed by atoms with van der Waals surface area (Å²) in [6, 6.07) is 0. The number of carbonyl (C=O) groups excluding carboxylic acids is 1. The normalized spacial score (nSPS) is 22.8. The quantitative estimate of drug-likeness (QED) is 0.798. The molecule has 0 radical (unpaired) electrons. The molecule has 1 aliphatic carbocycles. The number of nitrogens with two attached hydrogens (primary N) is 1. The Hall–Kier alpha value is -1.40. The Morgan fingerprint density at radius 3 is 2.84 bits per heavy atom. The van der Waals surface area contributed by atoms with Gasteiger partial charge in [0.25, 0.3) is 0 Å². The Kier molecular flexibility index (Phi) is 3.28.